The van der Waals surface area contributed by atoms with E-state index in [0.717, 1.165) is 23.7 Å². The predicted octanol–water partition coefficient (Wildman–Crippen LogP) is 3.50. The van der Waals surface area contributed by atoms with Crippen LogP contribution in [0.2, 0.25) is 0 Å². The Morgan fingerprint density at radius 1 is 1.26 bits per heavy atom. The molecule has 0 aromatic heterocycles. The van der Waals surface area contributed by atoms with Crippen molar-refractivity contribution in [3.05, 3.63) is 23.8 Å². The normalized spacial score (nSPS) is 13.9. The molecule has 0 aliphatic carbocycles. The van der Waals surface area contributed by atoms with Gasteiger partial charge in [-0.3, -0.25) is 0 Å². The zero-order valence-corrected chi connectivity index (χ0v) is 13.3. The van der Waals surface area contributed by atoms with E-state index < -0.39 is 0 Å². The Labute approximate surface area is 121 Å². The molecular formula is C15H25NO2S. The molecule has 0 aliphatic heterocycles. The Kier molecular flexibility index (Phi) is 7.10. The van der Waals surface area contributed by atoms with Crippen LogP contribution >= 0.6 is 11.8 Å². The van der Waals surface area contributed by atoms with Gasteiger partial charge in [0.2, 0.25) is 0 Å². The molecule has 1 rings (SSSR count). The fraction of sp³-hybridized carbons (Fsp3) is 0.600. The van der Waals surface area contributed by atoms with Crippen LogP contribution in [-0.2, 0) is 0 Å². The SMILES string of the molecule is CCC(CSC)NC(C)c1ccc(OC)cc1OC. The number of thioether (sulfide) groups is 1. The average Bonchev–Trinajstić information content (AvgIpc) is 2.45. The van der Waals surface area contributed by atoms with Crippen molar-refractivity contribution in [3.63, 3.8) is 0 Å². The van der Waals surface area contributed by atoms with Gasteiger partial charge in [0.1, 0.15) is 11.5 Å². The first-order valence-corrected chi connectivity index (χ1v) is 8.02. The first-order chi connectivity index (χ1) is 9.15. The molecule has 0 saturated carbocycles. The first-order valence-electron chi connectivity index (χ1n) is 6.63. The van der Waals surface area contributed by atoms with Crippen molar-refractivity contribution in [1.82, 2.24) is 5.32 Å². The van der Waals surface area contributed by atoms with Crippen LogP contribution in [0.3, 0.4) is 0 Å². The number of rotatable bonds is 8. The Balaban J connectivity index is 2.83. The predicted molar refractivity (Wildman–Crippen MR) is 83.6 cm³/mol. The molecule has 4 heteroatoms. The van der Waals surface area contributed by atoms with E-state index in [1.807, 2.05) is 23.9 Å². The molecule has 0 fully saturated rings. The van der Waals surface area contributed by atoms with Gasteiger partial charge in [0.05, 0.1) is 14.2 Å². The maximum Gasteiger partial charge on any atom is 0.127 e. The van der Waals surface area contributed by atoms with E-state index in [2.05, 4.69) is 31.5 Å². The smallest absolute Gasteiger partial charge is 0.127 e. The van der Waals surface area contributed by atoms with Crippen LogP contribution in [0.15, 0.2) is 18.2 Å². The lowest BCUT2D eigenvalue weighted by Gasteiger charge is -2.23. The number of benzene rings is 1. The number of hydrogen-bond donors (Lipinski definition) is 1. The summed E-state index contributed by atoms with van der Waals surface area (Å²) in [6.07, 6.45) is 3.27. The zero-order chi connectivity index (χ0) is 14.3. The summed E-state index contributed by atoms with van der Waals surface area (Å²) in [6, 6.07) is 6.77. The fourth-order valence-electron chi connectivity index (χ4n) is 2.10. The summed E-state index contributed by atoms with van der Waals surface area (Å²) >= 11 is 1.87. The highest BCUT2D eigenvalue weighted by Crippen LogP contribution is 2.29. The molecule has 0 spiro atoms. The summed E-state index contributed by atoms with van der Waals surface area (Å²) in [4.78, 5) is 0. The minimum Gasteiger partial charge on any atom is -0.497 e. The second kappa shape index (κ2) is 8.33. The summed E-state index contributed by atoms with van der Waals surface area (Å²) < 4.78 is 10.7. The second-order valence-electron chi connectivity index (χ2n) is 4.56. The third-order valence-electron chi connectivity index (χ3n) is 3.25. The van der Waals surface area contributed by atoms with Gasteiger partial charge < -0.3 is 14.8 Å². The highest BCUT2D eigenvalue weighted by Gasteiger charge is 2.15. The van der Waals surface area contributed by atoms with Crippen molar-refractivity contribution in [1.29, 1.82) is 0 Å². The first kappa shape index (κ1) is 16.2. The van der Waals surface area contributed by atoms with Crippen LogP contribution in [0.25, 0.3) is 0 Å². The summed E-state index contributed by atoms with van der Waals surface area (Å²) in [5.41, 5.74) is 1.17. The Morgan fingerprint density at radius 3 is 2.53 bits per heavy atom. The number of hydrogen-bond acceptors (Lipinski definition) is 4. The molecule has 0 radical (unpaired) electrons. The van der Waals surface area contributed by atoms with E-state index in [-0.39, 0.29) is 6.04 Å². The monoisotopic (exact) mass is 283 g/mol. The summed E-state index contributed by atoms with van der Waals surface area (Å²) in [5, 5.41) is 3.65. The summed E-state index contributed by atoms with van der Waals surface area (Å²) in [7, 11) is 3.37. The molecule has 0 bridgehead atoms. The summed E-state index contributed by atoms with van der Waals surface area (Å²) in [5.74, 6) is 2.82. The molecule has 0 amide bonds. The molecule has 2 unspecified atom stereocenters. The van der Waals surface area contributed by atoms with E-state index in [4.69, 9.17) is 9.47 Å². The fourth-order valence-corrected chi connectivity index (χ4v) is 2.84. The van der Waals surface area contributed by atoms with E-state index in [9.17, 15) is 0 Å². The van der Waals surface area contributed by atoms with Gasteiger partial charge >= 0.3 is 0 Å². The Bertz CT molecular complexity index is 384. The molecule has 1 aromatic carbocycles. The van der Waals surface area contributed by atoms with E-state index in [1.165, 1.54) is 5.56 Å². The van der Waals surface area contributed by atoms with Crippen LogP contribution in [0.1, 0.15) is 31.9 Å². The van der Waals surface area contributed by atoms with Gasteiger partial charge in [-0.25, -0.2) is 0 Å². The number of ether oxygens (including phenoxy) is 2. The molecule has 0 heterocycles. The molecule has 2 atom stereocenters. The lowest BCUT2D eigenvalue weighted by molar-refractivity contribution is 0.382. The molecular weight excluding hydrogens is 258 g/mol. The van der Waals surface area contributed by atoms with Crippen molar-refractivity contribution < 1.29 is 9.47 Å². The topological polar surface area (TPSA) is 30.5 Å². The third-order valence-corrected chi connectivity index (χ3v) is 3.99. The average molecular weight is 283 g/mol. The molecule has 1 aromatic rings. The third kappa shape index (κ3) is 4.62. The molecule has 3 nitrogen and oxygen atoms in total. The lowest BCUT2D eigenvalue weighted by atomic mass is 10.1. The largest absolute Gasteiger partial charge is 0.497 e. The van der Waals surface area contributed by atoms with E-state index in [1.54, 1.807) is 14.2 Å². The van der Waals surface area contributed by atoms with Crippen molar-refractivity contribution in [2.45, 2.75) is 32.4 Å². The van der Waals surface area contributed by atoms with Gasteiger partial charge in [0, 0.05) is 29.5 Å². The number of nitrogens with one attached hydrogen (secondary N) is 1. The van der Waals surface area contributed by atoms with Gasteiger partial charge in [-0.05, 0) is 25.7 Å². The molecule has 1 N–H and O–H groups in total. The van der Waals surface area contributed by atoms with Gasteiger partial charge in [-0.1, -0.05) is 13.0 Å². The number of methoxy groups -OCH3 is 2. The van der Waals surface area contributed by atoms with Gasteiger partial charge in [-0.15, -0.1) is 0 Å². The van der Waals surface area contributed by atoms with E-state index in [0.29, 0.717) is 6.04 Å². The van der Waals surface area contributed by atoms with Crippen LogP contribution in [0.5, 0.6) is 11.5 Å². The Hall–Kier alpha value is -0.870. The molecule has 0 saturated heterocycles. The van der Waals surface area contributed by atoms with E-state index >= 15 is 0 Å². The highest BCUT2D eigenvalue weighted by atomic mass is 32.2. The van der Waals surface area contributed by atoms with Crippen molar-refractivity contribution in [2.75, 3.05) is 26.2 Å². The second-order valence-corrected chi connectivity index (χ2v) is 5.47. The van der Waals surface area contributed by atoms with Crippen LogP contribution in [-0.4, -0.2) is 32.3 Å². The van der Waals surface area contributed by atoms with Crippen LogP contribution in [0, 0.1) is 0 Å². The zero-order valence-electron chi connectivity index (χ0n) is 12.5. The standard InChI is InChI=1S/C15H25NO2S/c1-6-12(10-19-5)16-11(2)14-8-7-13(17-3)9-15(14)18-4/h7-9,11-12,16H,6,10H2,1-5H3. The van der Waals surface area contributed by atoms with Crippen molar-refractivity contribution >= 4 is 11.8 Å². The van der Waals surface area contributed by atoms with Crippen LogP contribution < -0.4 is 14.8 Å². The van der Waals surface area contributed by atoms with Crippen molar-refractivity contribution in [3.8, 4) is 11.5 Å². The Morgan fingerprint density at radius 2 is 2.00 bits per heavy atom. The van der Waals surface area contributed by atoms with Crippen molar-refractivity contribution in [2.24, 2.45) is 0 Å². The highest BCUT2D eigenvalue weighted by molar-refractivity contribution is 7.98. The molecule has 108 valence electrons. The minimum absolute atomic E-state index is 0.262. The minimum atomic E-state index is 0.262. The van der Waals surface area contributed by atoms with Gasteiger partial charge in [0.25, 0.3) is 0 Å². The lowest BCUT2D eigenvalue weighted by Crippen LogP contribution is -2.33. The summed E-state index contributed by atoms with van der Waals surface area (Å²) in [6.45, 7) is 4.39. The maximum absolute atomic E-state index is 5.46. The van der Waals surface area contributed by atoms with Gasteiger partial charge in [-0.2, -0.15) is 11.8 Å². The molecule has 0 aliphatic rings. The quantitative estimate of drug-likeness (QED) is 0.791. The molecule has 19 heavy (non-hydrogen) atoms. The van der Waals surface area contributed by atoms with Crippen LogP contribution in [0.4, 0.5) is 0 Å². The maximum atomic E-state index is 5.46. The van der Waals surface area contributed by atoms with Gasteiger partial charge in [0.15, 0.2) is 0 Å².